The van der Waals surface area contributed by atoms with E-state index in [2.05, 4.69) is 28.1 Å². The lowest BCUT2D eigenvalue weighted by molar-refractivity contribution is 0.102. The van der Waals surface area contributed by atoms with E-state index in [1.807, 2.05) is 30.3 Å². The molecular formula is C16H15BrO2. The number of hydrogen-bond acceptors (Lipinski definition) is 2. The zero-order valence-corrected chi connectivity index (χ0v) is 12.1. The van der Waals surface area contributed by atoms with E-state index < -0.39 is 0 Å². The van der Waals surface area contributed by atoms with Crippen LogP contribution in [-0.4, -0.2) is 17.7 Å². The molecule has 0 unspecified atom stereocenters. The zero-order valence-electron chi connectivity index (χ0n) is 10.5. The molecule has 0 aromatic heterocycles. The first-order valence-corrected chi connectivity index (χ1v) is 7.27. The standard InChI is InChI=1S/C16H15BrO2/c17-12-16(18)14-6-8-15(9-7-14)19-11-10-13-4-2-1-3-5-13/h1-9H,10-12H2. The molecule has 0 radical (unpaired) electrons. The number of alkyl halides is 1. The SMILES string of the molecule is O=C(CBr)c1ccc(OCCc2ccccc2)cc1. The van der Waals surface area contributed by atoms with Crippen molar-refractivity contribution in [3.63, 3.8) is 0 Å². The monoisotopic (exact) mass is 318 g/mol. The van der Waals surface area contributed by atoms with E-state index in [9.17, 15) is 4.79 Å². The number of carbonyl (C=O) groups excluding carboxylic acids is 1. The predicted molar refractivity (Wildman–Crippen MR) is 80.2 cm³/mol. The van der Waals surface area contributed by atoms with E-state index in [4.69, 9.17) is 4.74 Å². The maximum absolute atomic E-state index is 11.4. The van der Waals surface area contributed by atoms with Crippen molar-refractivity contribution in [1.82, 2.24) is 0 Å². The first kappa shape index (κ1) is 13.8. The smallest absolute Gasteiger partial charge is 0.173 e. The van der Waals surface area contributed by atoms with E-state index in [-0.39, 0.29) is 5.78 Å². The number of Topliss-reactive ketones (excluding diaryl/α,β-unsaturated/α-hetero) is 1. The Hall–Kier alpha value is -1.61. The average molecular weight is 319 g/mol. The van der Waals surface area contributed by atoms with E-state index in [1.165, 1.54) is 5.56 Å². The Kier molecular flexibility index (Phi) is 5.16. The first-order chi connectivity index (χ1) is 9.29. The first-order valence-electron chi connectivity index (χ1n) is 6.15. The molecule has 3 heteroatoms. The predicted octanol–water partition coefficient (Wildman–Crippen LogP) is 3.89. The van der Waals surface area contributed by atoms with Gasteiger partial charge >= 0.3 is 0 Å². The molecule has 0 heterocycles. The fourth-order valence-corrected chi connectivity index (χ4v) is 2.07. The van der Waals surface area contributed by atoms with Crippen molar-refractivity contribution in [1.29, 1.82) is 0 Å². The van der Waals surface area contributed by atoms with Crippen LogP contribution in [0.4, 0.5) is 0 Å². The van der Waals surface area contributed by atoms with Gasteiger partial charge in [0.25, 0.3) is 0 Å². The minimum absolute atomic E-state index is 0.0795. The van der Waals surface area contributed by atoms with Crippen molar-refractivity contribution in [2.75, 3.05) is 11.9 Å². The van der Waals surface area contributed by atoms with E-state index >= 15 is 0 Å². The minimum atomic E-state index is 0.0795. The number of benzene rings is 2. The number of ketones is 1. The molecule has 19 heavy (non-hydrogen) atoms. The number of rotatable bonds is 6. The van der Waals surface area contributed by atoms with Crippen LogP contribution >= 0.6 is 15.9 Å². The van der Waals surface area contributed by atoms with Crippen molar-refractivity contribution in [3.05, 3.63) is 65.7 Å². The fourth-order valence-electron chi connectivity index (χ4n) is 1.75. The van der Waals surface area contributed by atoms with Crippen molar-refractivity contribution in [3.8, 4) is 5.75 Å². The van der Waals surface area contributed by atoms with Crippen molar-refractivity contribution in [2.45, 2.75) is 6.42 Å². The van der Waals surface area contributed by atoms with Gasteiger partial charge in [-0.25, -0.2) is 0 Å². The largest absolute Gasteiger partial charge is 0.493 e. The van der Waals surface area contributed by atoms with Crippen LogP contribution in [0.5, 0.6) is 5.75 Å². The third-order valence-electron chi connectivity index (χ3n) is 2.80. The van der Waals surface area contributed by atoms with Crippen LogP contribution in [0, 0.1) is 0 Å². The Morgan fingerprint density at radius 1 is 1.00 bits per heavy atom. The van der Waals surface area contributed by atoms with Gasteiger partial charge in [-0.1, -0.05) is 46.3 Å². The molecule has 0 aliphatic carbocycles. The molecule has 2 nitrogen and oxygen atoms in total. The normalized spacial score (nSPS) is 10.2. The Morgan fingerprint density at radius 3 is 2.32 bits per heavy atom. The number of halogens is 1. The van der Waals surface area contributed by atoms with Crippen LogP contribution in [0.1, 0.15) is 15.9 Å². The summed E-state index contributed by atoms with van der Waals surface area (Å²) in [5.41, 5.74) is 1.96. The van der Waals surface area contributed by atoms with E-state index in [0.29, 0.717) is 17.5 Å². The molecule has 2 rings (SSSR count). The Labute approximate surface area is 121 Å². The quantitative estimate of drug-likeness (QED) is 0.596. The highest BCUT2D eigenvalue weighted by atomic mass is 79.9. The van der Waals surface area contributed by atoms with E-state index in [1.54, 1.807) is 12.1 Å². The van der Waals surface area contributed by atoms with Gasteiger partial charge in [-0.3, -0.25) is 4.79 Å². The molecule has 98 valence electrons. The summed E-state index contributed by atoms with van der Waals surface area (Å²) in [4.78, 5) is 11.4. The Morgan fingerprint density at radius 2 is 1.68 bits per heavy atom. The molecular weight excluding hydrogens is 304 g/mol. The highest BCUT2D eigenvalue weighted by Gasteiger charge is 2.03. The lowest BCUT2D eigenvalue weighted by Crippen LogP contribution is -2.02. The Balaban J connectivity index is 1.85. The van der Waals surface area contributed by atoms with Gasteiger partial charge < -0.3 is 4.74 Å². The summed E-state index contributed by atoms with van der Waals surface area (Å²) in [6.07, 6.45) is 0.878. The Bertz CT molecular complexity index is 520. The summed E-state index contributed by atoms with van der Waals surface area (Å²) in [6.45, 7) is 0.635. The van der Waals surface area contributed by atoms with Crippen LogP contribution in [0.2, 0.25) is 0 Å². The molecule has 0 aliphatic heterocycles. The van der Waals surface area contributed by atoms with Crippen LogP contribution in [0.25, 0.3) is 0 Å². The number of hydrogen-bond donors (Lipinski definition) is 0. The highest BCUT2D eigenvalue weighted by Crippen LogP contribution is 2.13. The van der Waals surface area contributed by atoms with Crippen LogP contribution in [0.15, 0.2) is 54.6 Å². The summed E-state index contributed by atoms with van der Waals surface area (Å²) < 4.78 is 5.66. The van der Waals surface area contributed by atoms with Gasteiger partial charge in [0, 0.05) is 12.0 Å². The lowest BCUT2D eigenvalue weighted by atomic mass is 10.1. The van der Waals surface area contributed by atoms with Gasteiger partial charge in [-0.05, 0) is 29.8 Å². The maximum Gasteiger partial charge on any atom is 0.173 e. The molecule has 2 aromatic carbocycles. The number of ether oxygens (including phenoxy) is 1. The zero-order chi connectivity index (χ0) is 13.5. The van der Waals surface area contributed by atoms with Gasteiger partial charge in [-0.2, -0.15) is 0 Å². The van der Waals surface area contributed by atoms with Crippen LogP contribution in [-0.2, 0) is 6.42 Å². The molecule has 0 spiro atoms. The summed E-state index contributed by atoms with van der Waals surface area (Å²) >= 11 is 3.16. The van der Waals surface area contributed by atoms with Gasteiger partial charge in [0.15, 0.2) is 5.78 Å². The molecule has 0 saturated heterocycles. The molecule has 0 aliphatic rings. The lowest BCUT2D eigenvalue weighted by Gasteiger charge is -2.06. The third kappa shape index (κ3) is 4.21. The summed E-state index contributed by atoms with van der Waals surface area (Å²) in [6, 6.07) is 17.5. The number of carbonyl (C=O) groups is 1. The summed E-state index contributed by atoms with van der Waals surface area (Å²) in [5, 5.41) is 0.348. The average Bonchev–Trinajstić information content (AvgIpc) is 2.48. The van der Waals surface area contributed by atoms with Crippen molar-refractivity contribution in [2.24, 2.45) is 0 Å². The van der Waals surface area contributed by atoms with E-state index in [0.717, 1.165) is 12.2 Å². The third-order valence-corrected chi connectivity index (χ3v) is 3.31. The van der Waals surface area contributed by atoms with Gasteiger partial charge in [0.1, 0.15) is 5.75 Å². The molecule has 0 N–H and O–H groups in total. The minimum Gasteiger partial charge on any atom is -0.493 e. The molecule has 0 fully saturated rings. The molecule has 0 bridgehead atoms. The summed E-state index contributed by atoms with van der Waals surface area (Å²) in [5.74, 6) is 0.873. The second-order valence-corrected chi connectivity index (χ2v) is 4.73. The highest BCUT2D eigenvalue weighted by molar-refractivity contribution is 9.09. The molecule has 0 atom stereocenters. The van der Waals surface area contributed by atoms with Crippen LogP contribution in [0.3, 0.4) is 0 Å². The van der Waals surface area contributed by atoms with Crippen LogP contribution < -0.4 is 4.74 Å². The van der Waals surface area contributed by atoms with Gasteiger partial charge in [0.05, 0.1) is 11.9 Å². The van der Waals surface area contributed by atoms with Gasteiger partial charge in [-0.15, -0.1) is 0 Å². The fraction of sp³-hybridized carbons (Fsp3) is 0.188. The topological polar surface area (TPSA) is 26.3 Å². The maximum atomic E-state index is 11.4. The van der Waals surface area contributed by atoms with Crippen molar-refractivity contribution >= 4 is 21.7 Å². The molecule has 0 amide bonds. The van der Waals surface area contributed by atoms with Gasteiger partial charge in [0.2, 0.25) is 0 Å². The second kappa shape index (κ2) is 7.10. The summed E-state index contributed by atoms with van der Waals surface area (Å²) in [7, 11) is 0. The van der Waals surface area contributed by atoms with Crippen molar-refractivity contribution < 1.29 is 9.53 Å². The second-order valence-electron chi connectivity index (χ2n) is 4.17. The molecule has 2 aromatic rings. The molecule has 0 saturated carbocycles.